The molecule has 0 radical (unpaired) electrons. The van der Waals surface area contributed by atoms with Crippen LogP contribution in [0.3, 0.4) is 0 Å². The Balaban J connectivity index is 1.86. The Morgan fingerprint density at radius 1 is 0.840 bits per heavy atom. The van der Waals surface area contributed by atoms with E-state index < -0.39 is 0 Å². The summed E-state index contributed by atoms with van der Waals surface area (Å²) in [6.45, 7) is 0. The molecule has 1 saturated carbocycles. The lowest BCUT2D eigenvalue weighted by atomic mass is 10.1. The average Bonchev–Trinajstić information content (AvgIpc) is 2.96. The third-order valence-electron chi connectivity index (χ3n) is 4.20. The van der Waals surface area contributed by atoms with Crippen molar-refractivity contribution in [3.63, 3.8) is 0 Å². The average molecular weight is 336 g/mol. The summed E-state index contributed by atoms with van der Waals surface area (Å²) in [5, 5.41) is 9.34. The van der Waals surface area contributed by atoms with Gasteiger partial charge in [0.2, 0.25) is 0 Å². The molecule has 1 fully saturated rings. The molecule has 128 valence electrons. The van der Waals surface area contributed by atoms with Gasteiger partial charge in [-0.05, 0) is 60.4 Å². The zero-order valence-corrected chi connectivity index (χ0v) is 14.3. The van der Waals surface area contributed by atoms with Gasteiger partial charge in [0.05, 0.1) is 14.2 Å². The van der Waals surface area contributed by atoms with Gasteiger partial charge in [0.1, 0.15) is 17.2 Å². The molecule has 0 unspecified atom stereocenters. The molecule has 1 aliphatic rings. The number of aromatic hydroxyl groups is 1. The van der Waals surface area contributed by atoms with Gasteiger partial charge in [0.15, 0.2) is 5.78 Å². The molecule has 0 aromatic heterocycles. The van der Waals surface area contributed by atoms with E-state index in [1.807, 2.05) is 24.3 Å². The Morgan fingerprint density at radius 2 is 1.36 bits per heavy atom. The Kier molecular flexibility index (Phi) is 4.89. The molecule has 0 bridgehead atoms. The van der Waals surface area contributed by atoms with E-state index in [4.69, 9.17) is 9.47 Å². The molecule has 4 heteroatoms. The number of Topliss-reactive ketones (excluding diaryl/α,β-unsaturated/α-hetero) is 1. The van der Waals surface area contributed by atoms with Crippen LogP contribution in [0.1, 0.15) is 24.0 Å². The van der Waals surface area contributed by atoms with Crippen molar-refractivity contribution >= 4 is 17.9 Å². The summed E-state index contributed by atoms with van der Waals surface area (Å²) < 4.78 is 10.5. The van der Waals surface area contributed by atoms with Gasteiger partial charge in [0.25, 0.3) is 0 Å². The van der Waals surface area contributed by atoms with E-state index in [2.05, 4.69) is 0 Å². The van der Waals surface area contributed by atoms with E-state index >= 15 is 0 Å². The van der Waals surface area contributed by atoms with Crippen LogP contribution in [0.5, 0.6) is 17.2 Å². The number of rotatable bonds is 4. The molecule has 2 aromatic rings. The predicted octanol–water partition coefficient (Wildman–Crippen LogP) is 4.24. The molecule has 0 amide bonds. The highest BCUT2D eigenvalue weighted by atomic mass is 16.5. The minimum atomic E-state index is 0.0647. The molecule has 0 atom stereocenters. The van der Waals surface area contributed by atoms with Gasteiger partial charge < -0.3 is 14.6 Å². The van der Waals surface area contributed by atoms with Gasteiger partial charge >= 0.3 is 0 Å². The van der Waals surface area contributed by atoms with E-state index in [0.29, 0.717) is 24.3 Å². The number of phenolic OH excluding ortho intramolecular Hbond substituents is 1. The summed E-state index contributed by atoms with van der Waals surface area (Å²) in [5.74, 6) is 1.66. The molecule has 0 aliphatic heterocycles. The first-order chi connectivity index (χ1) is 12.1. The van der Waals surface area contributed by atoms with E-state index in [1.165, 1.54) is 0 Å². The van der Waals surface area contributed by atoms with E-state index in [0.717, 1.165) is 22.3 Å². The van der Waals surface area contributed by atoms with Gasteiger partial charge in [-0.2, -0.15) is 0 Å². The van der Waals surface area contributed by atoms with Crippen molar-refractivity contribution in [2.45, 2.75) is 12.8 Å². The Bertz CT molecular complexity index is 822. The molecule has 1 aliphatic carbocycles. The fourth-order valence-electron chi connectivity index (χ4n) is 2.86. The Hall–Kier alpha value is -3.01. The zero-order valence-electron chi connectivity index (χ0n) is 14.3. The molecular weight excluding hydrogens is 316 g/mol. The van der Waals surface area contributed by atoms with E-state index in [1.54, 1.807) is 44.6 Å². The first-order valence-corrected chi connectivity index (χ1v) is 8.07. The molecule has 4 nitrogen and oxygen atoms in total. The molecule has 2 aromatic carbocycles. The van der Waals surface area contributed by atoms with Crippen LogP contribution < -0.4 is 9.47 Å². The standard InChI is InChI=1S/C21H20O4/c1-24-19-11-15(12-20(13-19)25-2)10-17-6-5-16(21(17)23)9-14-3-7-18(22)8-4-14/h3-4,7-13,22H,5-6H2,1-2H3. The fraction of sp³-hybridized carbons (Fsp3) is 0.190. The van der Waals surface area contributed by atoms with Crippen molar-refractivity contribution in [2.75, 3.05) is 14.2 Å². The minimum absolute atomic E-state index is 0.0647. The monoisotopic (exact) mass is 336 g/mol. The first kappa shape index (κ1) is 16.8. The van der Waals surface area contributed by atoms with Gasteiger partial charge in [0, 0.05) is 17.2 Å². The topological polar surface area (TPSA) is 55.8 Å². The minimum Gasteiger partial charge on any atom is -0.508 e. The summed E-state index contributed by atoms with van der Waals surface area (Å²) in [4.78, 5) is 12.6. The van der Waals surface area contributed by atoms with Gasteiger partial charge in [-0.25, -0.2) is 0 Å². The second-order valence-corrected chi connectivity index (χ2v) is 5.91. The van der Waals surface area contributed by atoms with Crippen molar-refractivity contribution in [1.82, 2.24) is 0 Å². The lowest BCUT2D eigenvalue weighted by molar-refractivity contribution is -0.111. The number of ketones is 1. The largest absolute Gasteiger partial charge is 0.508 e. The number of ether oxygens (including phenoxy) is 2. The number of carbonyl (C=O) groups excluding carboxylic acids is 1. The van der Waals surface area contributed by atoms with Crippen LogP contribution in [0.4, 0.5) is 0 Å². The molecular formula is C21H20O4. The quantitative estimate of drug-likeness (QED) is 0.849. The number of allylic oxidation sites excluding steroid dienone is 2. The van der Waals surface area contributed by atoms with Crippen LogP contribution >= 0.6 is 0 Å². The van der Waals surface area contributed by atoms with Crippen molar-refractivity contribution in [2.24, 2.45) is 0 Å². The summed E-state index contributed by atoms with van der Waals surface area (Å²) in [6, 6.07) is 12.4. The maximum Gasteiger partial charge on any atom is 0.185 e. The molecule has 0 saturated heterocycles. The van der Waals surface area contributed by atoms with E-state index in [9.17, 15) is 9.90 Å². The lowest BCUT2D eigenvalue weighted by Crippen LogP contribution is -1.96. The fourth-order valence-corrected chi connectivity index (χ4v) is 2.86. The zero-order chi connectivity index (χ0) is 17.8. The first-order valence-electron chi connectivity index (χ1n) is 8.07. The van der Waals surface area contributed by atoms with Crippen LogP contribution in [-0.2, 0) is 4.79 Å². The van der Waals surface area contributed by atoms with Gasteiger partial charge in [-0.3, -0.25) is 4.79 Å². The SMILES string of the molecule is COc1cc(C=C2CCC(=Cc3ccc(O)cc3)C2=O)cc(OC)c1. The van der Waals surface area contributed by atoms with Crippen LogP contribution in [0.25, 0.3) is 12.2 Å². The third-order valence-corrected chi connectivity index (χ3v) is 4.20. The van der Waals surface area contributed by atoms with E-state index in [-0.39, 0.29) is 11.5 Å². The second kappa shape index (κ2) is 7.26. The number of carbonyl (C=O) groups is 1. The van der Waals surface area contributed by atoms with Crippen LogP contribution in [0, 0.1) is 0 Å². The molecule has 1 N–H and O–H groups in total. The van der Waals surface area contributed by atoms with Crippen LogP contribution in [0.15, 0.2) is 53.6 Å². The smallest absolute Gasteiger partial charge is 0.185 e. The van der Waals surface area contributed by atoms with Crippen molar-refractivity contribution in [1.29, 1.82) is 0 Å². The normalized spacial score (nSPS) is 17.3. The molecule has 0 spiro atoms. The van der Waals surface area contributed by atoms with Gasteiger partial charge in [-0.1, -0.05) is 12.1 Å². The molecule has 25 heavy (non-hydrogen) atoms. The number of hydrogen-bond acceptors (Lipinski definition) is 4. The number of hydrogen-bond donors (Lipinski definition) is 1. The second-order valence-electron chi connectivity index (χ2n) is 5.91. The highest BCUT2D eigenvalue weighted by Crippen LogP contribution is 2.31. The number of methoxy groups -OCH3 is 2. The van der Waals surface area contributed by atoms with Crippen LogP contribution in [-0.4, -0.2) is 25.1 Å². The maximum absolute atomic E-state index is 12.6. The van der Waals surface area contributed by atoms with Crippen molar-refractivity contribution in [3.05, 3.63) is 64.7 Å². The van der Waals surface area contributed by atoms with Gasteiger partial charge in [-0.15, -0.1) is 0 Å². The van der Waals surface area contributed by atoms with Crippen molar-refractivity contribution in [3.8, 4) is 17.2 Å². The lowest BCUT2D eigenvalue weighted by Gasteiger charge is -2.06. The Labute approximate surface area is 147 Å². The predicted molar refractivity (Wildman–Crippen MR) is 97.8 cm³/mol. The van der Waals surface area contributed by atoms with Crippen LogP contribution in [0.2, 0.25) is 0 Å². The molecule has 0 heterocycles. The maximum atomic E-state index is 12.6. The summed E-state index contributed by atoms with van der Waals surface area (Å²) in [6.07, 6.45) is 5.20. The number of benzene rings is 2. The molecule has 3 rings (SSSR count). The summed E-state index contributed by atoms with van der Waals surface area (Å²) in [5.41, 5.74) is 3.35. The summed E-state index contributed by atoms with van der Waals surface area (Å²) in [7, 11) is 3.20. The Morgan fingerprint density at radius 3 is 1.88 bits per heavy atom. The third kappa shape index (κ3) is 3.91. The summed E-state index contributed by atoms with van der Waals surface area (Å²) >= 11 is 0. The highest BCUT2D eigenvalue weighted by Gasteiger charge is 2.23. The highest BCUT2D eigenvalue weighted by molar-refractivity contribution is 6.15. The number of phenols is 1. The van der Waals surface area contributed by atoms with Crippen molar-refractivity contribution < 1.29 is 19.4 Å².